The monoisotopic (exact) mass is 263 g/mol. The van der Waals surface area contributed by atoms with E-state index >= 15 is 0 Å². The lowest BCUT2D eigenvalue weighted by atomic mass is 9.91. The molecule has 0 amide bonds. The van der Waals surface area contributed by atoms with Gasteiger partial charge >= 0.3 is 0 Å². The predicted octanol–water partition coefficient (Wildman–Crippen LogP) is 2.47. The summed E-state index contributed by atoms with van der Waals surface area (Å²) in [5, 5.41) is 10.8. The van der Waals surface area contributed by atoms with Gasteiger partial charge in [0.25, 0.3) is 5.69 Å². The number of non-ortho nitro benzene ring substituents is 1. The molecule has 1 aliphatic rings. The van der Waals surface area contributed by atoms with Crippen molar-refractivity contribution in [3.05, 3.63) is 33.9 Å². The van der Waals surface area contributed by atoms with Crippen LogP contribution in [0.1, 0.15) is 25.3 Å². The lowest BCUT2D eigenvalue weighted by Crippen LogP contribution is -2.42. The molecule has 1 aliphatic heterocycles. The van der Waals surface area contributed by atoms with Crippen molar-refractivity contribution in [2.24, 2.45) is 11.7 Å². The second kappa shape index (κ2) is 5.57. The van der Waals surface area contributed by atoms with Crippen LogP contribution >= 0.6 is 0 Å². The summed E-state index contributed by atoms with van der Waals surface area (Å²) in [7, 11) is 0. The second-order valence-corrected chi connectivity index (χ2v) is 5.44. The zero-order valence-electron chi connectivity index (χ0n) is 11.5. The van der Waals surface area contributed by atoms with Crippen LogP contribution in [0.15, 0.2) is 18.2 Å². The number of nitro groups is 1. The summed E-state index contributed by atoms with van der Waals surface area (Å²) in [4.78, 5) is 12.7. The summed E-state index contributed by atoms with van der Waals surface area (Å²) in [6.07, 6.45) is 2.29. The first kappa shape index (κ1) is 13.8. The highest BCUT2D eigenvalue weighted by molar-refractivity contribution is 5.57. The third-order valence-corrected chi connectivity index (χ3v) is 3.93. The van der Waals surface area contributed by atoms with Crippen LogP contribution in [-0.4, -0.2) is 24.1 Å². The molecule has 104 valence electrons. The van der Waals surface area contributed by atoms with Gasteiger partial charge in [0.15, 0.2) is 0 Å². The fourth-order valence-corrected chi connectivity index (χ4v) is 2.77. The van der Waals surface area contributed by atoms with Gasteiger partial charge in [-0.25, -0.2) is 0 Å². The van der Waals surface area contributed by atoms with Gasteiger partial charge in [0, 0.05) is 37.0 Å². The normalized spacial score (nSPS) is 21.2. The number of nitrogens with two attached hydrogens (primary N) is 1. The molecule has 1 fully saturated rings. The van der Waals surface area contributed by atoms with E-state index in [1.165, 1.54) is 6.42 Å². The Balaban J connectivity index is 2.19. The molecule has 0 bridgehead atoms. The zero-order valence-corrected chi connectivity index (χ0v) is 11.5. The first-order valence-electron chi connectivity index (χ1n) is 6.74. The summed E-state index contributed by atoms with van der Waals surface area (Å²) in [6.45, 7) is 5.92. The minimum Gasteiger partial charge on any atom is -0.371 e. The largest absolute Gasteiger partial charge is 0.371 e. The molecule has 1 aromatic rings. The van der Waals surface area contributed by atoms with Crippen LogP contribution in [0.25, 0.3) is 0 Å². The molecular weight excluding hydrogens is 242 g/mol. The Hall–Kier alpha value is -1.62. The van der Waals surface area contributed by atoms with Crippen LogP contribution in [0.3, 0.4) is 0 Å². The van der Waals surface area contributed by atoms with Gasteiger partial charge < -0.3 is 10.6 Å². The minimum atomic E-state index is -0.349. The molecule has 0 aromatic heterocycles. The highest BCUT2D eigenvalue weighted by Crippen LogP contribution is 2.29. The van der Waals surface area contributed by atoms with Crippen molar-refractivity contribution < 1.29 is 4.92 Å². The number of hydrogen-bond acceptors (Lipinski definition) is 4. The van der Waals surface area contributed by atoms with Gasteiger partial charge in [-0.1, -0.05) is 0 Å². The number of anilines is 1. The van der Waals surface area contributed by atoms with E-state index in [0.29, 0.717) is 5.92 Å². The Morgan fingerprint density at radius 2 is 2.26 bits per heavy atom. The van der Waals surface area contributed by atoms with E-state index in [1.807, 2.05) is 13.0 Å². The summed E-state index contributed by atoms with van der Waals surface area (Å²) < 4.78 is 0. The average Bonchev–Trinajstić information content (AvgIpc) is 2.38. The van der Waals surface area contributed by atoms with Gasteiger partial charge in [0.05, 0.1) is 4.92 Å². The van der Waals surface area contributed by atoms with Crippen molar-refractivity contribution in [1.82, 2.24) is 0 Å². The van der Waals surface area contributed by atoms with E-state index in [-0.39, 0.29) is 16.7 Å². The second-order valence-electron chi connectivity index (χ2n) is 5.44. The van der Waals surface area contributed by atoms with Crippen LogP contribution in [0.2, 0.25) is 0 Å². The van der Waals surface area contributed by atoms with Gasteiger partial charge in [-0.05, 0) is 44.2 Å². The zero-order chi connectivity index (χ0) is 14.0. The summed E-state index contributed by atoms with van der Waals surface area (Å²) in [5.74, 6) is 0.503. The van der Waals surface area contributed by atoms with E-state index in [1.54, 1.807) is 12.1 Å². The first-order chi connectivity index (χ1) is 8.99. The molecule has 2 unspecified atom stereocenters. The molecule has 5 nitrogen and oxygen atoms in total. The average molecular weight is 263 g/mol. The molecule has 0 spiro atoms. The third kappa shape index (κ3) is 3.04. The molecule has 2 rings (SSSR count). The molecular formula is C14H21N3O2. The topological polar surface area (TPSA) is 72.4 Å². The van der Waals surface area contributed by atoms with Crippen LogP contribution in [0.5, 0.6) is 0 Å². The first-order valence-corrected chi connectivity index (χ1v) is 6.74. The third-order valence-electron chi connectivity index (χ3n) is 3.93. The van der Waals surface area contributed by atoms with Gasteiger partial charge in [-0.2, -0.15) is 0 Å². The molecule has 1 heterocycles. The van der Waals surface area contributed by atoms with Crippen LogP contribution < -0.4 is 10.6 Å². The highest BCUT2D eigenvalue weighted by atomic mass is 16.6. The number of benzene rings is 1. The predicted molar refractivity (Wildman–Crippen MR) is 76.4 cm³/mol. The van der Waals surface area contributed by atoms with E-state index < -0.39 is 0 Å². The van der Waals surface area contributed by atoms with Crippen molar-refractivity contribution in [1.29, 1.82) is 0 Å². The molecule has 1 saturated heterocycles. The lowest BCUT2D eigenvalue weighted by molar-refractivity contribution is -0.384. The lowest BCUT2D eigenvalue weighted by Gasteiger charge is -2.36. The smallest absolute Gasteiger partial charge is 0.269 e. The number of nitro benzene ring substituents is 1. The Bertz CT molecular complexity index is 474. The molecule has 19 heavy (non-hydrogen) atoms. The van der Waals surface area contributed by atoms with Gasteiger partial charge in [-0.15, -0.1) is 0 Å². The number of rotatable bonds is 3. The van der Waals surface area contributed by atoms with Gasteiger partial charge in [0.2, 0.25) is 0 Å². The van der Waals surface area contributed by atoms with E-state index in [2.05, 4.69) is 11.8 Å². The molecule has 1 aromatic carbocycles. The number of nitrogens with zero attached hydrogens (tertiary/aromatic N) is 2. The summed E-state index contributed by atoms with van der Waals surface area (Å²) in [6, 6.07) is 5.28. The quantitative estimate of drug-likeness (QED) is 0.671. The number of hydrogen-bond donors (Lipinski definition) is 1. The Morgan fingerprint density at radius 3 is 2.84 bits per heavy atom. The molecule has 0 saturated carbocycles. The van der Waals surface area contributed by atoms with Crippen LogP contribution in [0, 0.1) is 23.0 Å². The van der Waals surface area contributed by atoms with Crippen molar-refractivity contribution in [2.45, 2.75) is 32.7 Å². The van der Waals surface area contributed by atoms with Crippen LogP contribution in [-0.2, 0) is 0 Å². The van der Waals surface area contributed by atoms with Gasteiger partial charge in [0.1, 0.15) is 0 Å². The van der Waals surface area contributed by atoms with Crippen LogP contribution in [0.4, 0.5) is 11.4 Å². The molecule has 2 atom stereocenters. The maximum atomic E-state index is 10.8. The standard InChI is InChI=1S/C14H21N3O2/c1-10-8-13(17(18)19)5-6-14(10)16-7-3-4-12(9-16)11(2)15/h5-6,8,11-12H,3-4,7,9,15H2,1-2H3. The van der Waals surface area contributed by atoms with Crippen molar-refractivity contribution in [2.75, 3.05) is 18.0 Å². The fraction of sp³-hybridized carbons (Fsp3) is 0.571. The Morgan fingerprint density at radius 1 is 1.53 bits per heavy atom. The van der Waals surface area contributed by atoms with E-state index in [0.717, 1.165) is 30.8 Å². The molecule has 0 aliphatic carbocycles. The van der Waals surface area contributed by atoms with Crippen molar-refractivity contribution in [3.63, 3.8) is 0 Å². The molecule has 2 N–H and O–H groups in total. The minimum absolute atomic E-state index is 0.155. The van der Waals surface area contributed by atoms with Gasteiger partial charge in [-0.3, -0.25) is 10.1 Å². The molecule has 0 radical (unpaired) electrons. The molecule has 5 heteroatoms. The van der Waals surface area contributed by atoms with Crippen molar-refractivity contribution >= 4 is 11.4 Å². The Kier molecular flexibility index (Phi) is 4.04. The van der Waals surface area contributed by atoms with E-state index in [4.69, 9.17) is 5.73 Å². The maximum Gasteiger partial charge on any atom is 0.269 e. The van der Waals surface area contributed by atoms with Crippen molar-refractivity contribution in [3.8, 4) is 0 Å². The summed E-state index contributed by atoms with van der Waals surface area (Å²) >= 11 is 0. The van der Waals surface area contributed by atoms with E-state index in [9.17, 15) is 10.1 Å². The summed E-state index contributed by atoms with van der Waals surface area (Å²) in [5.41, 5.74) is 8.20. The SMILES string of the molecule is Cc1cc([N+](=O)[O-])ccc1N1CCCC(C(C)N)C1. The number of piperidine rings is 1. The maximum absolute atomic E-state index is 10.8. The number of aryl methyl sites for hydroxylation is 1. The Labute approximate surface area is 113 Å². The fourth-order valence-electron chi connectivity index (χ4n) is 2.77. The highest BCUT2D eigenvalue weighted by Gasteiger charge is 2.24.